The Morgan fingerprint density at radius 3 is 2.62 bits per heavy atom. The van der Waals surface area contributed by atoms with Crippen LogP contribution in [0.5, 0.6) is 0 Å². The average molecular weight is 221 g/mol. The maximum Gasteiger partial charge on any atom is 0.0743 e. The highest BCUT2D eigenvalue weighted by molar-refractivity contribution is 5.08. The van der Waals surface area contributed by atoms with Crippen molar-refractivity contribution in [1.82, 2.24) is 5.32 Å². The Morgan fingerprint density at radius 1 is 1.38 bits per heavy atom. The van der Waals surface area contributed by atoms with Crippen LogP contribution in [0.3, 0.4) is 0 Å². The fraction of sp³-hybridized carbons (Fsp3) is 0.867. The van der Waals surface area contributed by atoms with Gasteiger partial charge in [-0.3, -0.25) is 5.32 Å². The van der Waals surface area contributed by atoms with Crippen molar-refractivity contribution in [3.8, 4) is 12.3 Å². The van der Waals surface area contributed by atoms with Crippen molar-refractivity contribution >= 4 is 0 Å². The largest absolute Gasteiger partial charge is 0.299 e. The van der Waals surface area contributed by atoms with Gasteiger partial charge in [0.25, 0.3) is 0 Å². The molecule has 0 bridgehead atoms. The molecule has 2 unspecified atom stereocenters. The van der Waals surface area contributed by atoms with Gasteiger partial charge in [-0.15, -0.1) is 6.42 Å². The normalized spacial score (nSPS) is 26.8. The molecule has 1 rings (SSSR count). The predicted molar refractivity (Wildman–Crippen MR) is 71.2 cm³/mol. The number of rotatable bonds is 4. The monoisotopic (exact) mass is 221 g/mol. The van der Waals surface area contributed by atoms with Gasteiger partial charge >= 0.3 is 0 Å². The van der Waals surface area contributed by atoms with Crippen LogP contribution in [0.1, 0.15) is 59.8 Å². The highest BCUT2D eigenvalue weighted by Gasteiger charge is 2.26. The molecule has 1 aliphatic rings. The molecule has 0 heterocycles. The van der Waals surface area contributed by atoms with E-state index in [4.69, 9.17) is 6.42 Å². The van der Waals surface area contributed by atoms with E-state index in [2.05, 4.69) is 38.9 Å². The Labute approximate surface area is 101 Å². The Kier molecular flexibility index (Phi) is 4.87. The Morgan fingerprint density at radius 2 is 2.06 bits per heavy atom. The smallest absolute Gasteiger partial charge is 0.0743 e. The third-order valence-electron chi connectivity index (χ3n) is 3.51. The molecule has 0 aromatic heterocycles. The fourth-order valence-electron chi connectivity index (χ4n) is 2.85. The second kappa shape index (κ2) is 5.73. The van der Waals surface area contributed by atoms with Crippen LogP contribution in [0.4, 0.5) is 0 Å². The summed E-state index contributed by atoms with van der Waals surface area (Å²) in [5, 5.41) is 3.61. The van der Waals surface area contributed by atoms with E-state index in [-0.39, 0.29) is 5.54 Å². The molecule has 0 spiro atoms. The van der Waals surface area contributed by atoms with E-state index >= 15 is 0 Å². The molecule has 0 aromatic carbocycles. The summed E-state index contributed by atoms with van der Waals surface area (Å²) in [4.78, 5) is 0. The van der Waals surface area contributed by atoms with Crippen molar-refractivity contribution in [2.75, 3.05) is 0 Å². The van der Waals surface area contributed by atoms with Crippen LogP contribution in [-0.2, 0) is 0 Å². The van der Waals surface area contributed by atoms with Crippen molar-refractivity contribution < 1.29 is 0 Å². The summed E-state index contributed by atoms with van der Waals surface area (Å²) < 4.78 is 0. The van der Waals surface area contributed by atoms with Gasteiger partial charge in [-0.25, -0.2) is 0 Å². The third kappa shape index (κ3) is 4.58. The first-order valence-electron chi connectivity index (χ1n) is 6.68. The molecule has 1 heteroatoms. The summed E-state index contributed by atoms with van der Waals surface area (Å²) in [6.45, 7) is 8.84. The second-order valence-electron chi connectivity index (χ2n) is 6.27. The standard InChI is InChI=1S/C15H27N/c1-6-15(4,5)16-14-9-7-8-13(11-14)10-12(2)3/h1,12-14,16H,7-11H2,2-5H3. The molecule has 1 N–H and O–H groups in total. The van der Waals surface area contributed by atoms with Crippen molar-refractivity contribution in [3.63, 3.8) is 0 Å². The molecule has 1 aliphatic carbocycles. The van der Waals surface area contributed by atoms with Crippen LogP contribution in [0.25, 0.3) is 0 Å². The van der Waals surface area contributed by atoms with Gasteiger partial charge in [-0.2, -0.15) is 0 Å². The van der Waals surface area contributed by atoms with Crippen LogP contribution in [0.2, 0.25) is 0 Å². The molecule has 0 saturated heterocycles. The van der Waals surface area contributed by atoms with E-state index in [9.17, 15) is 0 Å². The molecule has 92 valence electrons. The summed E-state index contributed by atoms with van der Waals surface area (Å²) in [5.74, 6) is 4.56. The lowest BCUT2D eigenvalue weighted by Gasteiger charge is -2.35. The zero-order chi connectivity index (χ0) is 12.2. The minimum atomic E-state index is -0.148. The van der Waals surface area contributed by atoms with Gasteiger partial charge < -0.3 is 0 Å². The van der Waals surface area contributed by atoms with Crippen molar-refractivity contribution in [2.24, 2.45) is 11.8 Å². The highest BCUT2D eigenvalue weighted by atomic mass is 15.0. The summed E-state index contributed by atoms with van der Waals surface area (Å²) in [7, 11) is 0. The lowest BCUT2D eigenvalue weighted by molar-refractivity contribution is 0.233. The summed E-state index contributed by atoms with van der Waals surface area (Å²) in [5.41, 5.74) is -0.148. The van der Waals surface area contributed by atoms with Crippen molar-refractivity contribution in [1.29, 1.82) is 0 Å². The lowest BCUT2D eigenvalue weighted by Crippen LogP contribution is -2.46. The molecule has 16 heavy (non-hydrogen) atoms. The Bertz CT molecular complexity index is 247. The fourth-order valence-corrected chi connectivity index (χ4v) is 2.85. The molecular formula is C15H27N. The molecule has 1 saturated carbocycles. The molecule has 1 nitrogen and oxygen atoms in total. The molecular weight excluding hydrogens is 194 g/mol. The Balaban J connectivity index is 2.42. The molecule has 0 radical (unpaired) electrons. The van der Waals surface area contributed by atoms with E-state index in [0.29, 0.717) is 6.04 Å². The van der Waals surface area contributed by atoms with Gasteiger partial charge in [-0.05, 0) is 44.9 Å². The average Bonchev–Trinajstić information content (AvgIpc) is 2.16. The van der Waals surface area contributed by atoms with Crippen molar-refractivity contribution in [3.05, 3.63) is 0 Å². The first kappa shape index (κ1) is 13.6. The van der Waals surface area contributed by atoms with Crippen molar-refractivity contribution in [2.45, 2.75) is 71.4 Å². The van der Waals surface area contributed by atoms with Gasteiger partial charge in [0.15, 0.2) is 0 Å². The first-order valence-corrected chi connectivity index (χ1v) is 6.68. The first-order chi connectivity index (χ1) is 7.43. The molecule has 2 atom stereocenters. The van der Waals surface area contributed by atoms with E-state index in [0.717, 1.165) is 11.8 Å². The van der Waals surface area contributed by atoms with Gasteiger partial charge in [0, 0.05) is 6.04 Å². The highest BCUT2D eigenvalue weighted by Crippen LogP contribution is 2.30. The molecule has 0 aromatic rings. The van der Waals surface area contributed by atoms with Crippen LogP contribution in [0.15, 0.2) is 0 Å². The van der Waals surface area contributed by atoms with Gasteiger partial charge in [-0.1, -0.05) is 32.6 Å². The van der Waals surface area contributed by atoms with Crippen LogP contribution in [-0.4, -0.2) is 11.6 Å². The van der Waals surface area contributed by atoms with E-state index in [1.165, 1.54) is 32.1 Å². The summed E-state index contributed by atoms with van der Waals surface area (Å²) in [6.07, 6.45) is 12.3. The zero-order valence-electron chi connectivity index (χ0n) is 11.3. The number of nitrogens with one attached hydrogen (secondary N) is 1. The number of hydrogen-bond acceptors (Lipinski definition) is 1. The minimum Gasteiger partial charge on any atom is -0.299 e. The number of hydrogen-bond donors (Lipinski definition) is 1. The van der Waals surface area contributed by atoms with Gasteiger partial charge in [0.05, 0.1) is 5.54 Å². The maximum atomic E-state index is 5.53. The Hall–Kier alpha value is -0.480. The van der Waals surface area contributed by atoms with Crippen LogP contribution in [0, 0.1) is 24.2 Å². The third-order valence-corrected chi connectivity index (χ3v) is 3.51. The topological polar surface area (TPSA) is 12.0 Å². The van der Waals surface area contributed by atoms with E-state index in [1.807, 2.05) is 0 Å². The van der Waals surface area contributed by atoms with Crippen LogP contribution >= 0.6 is 0 Å². The zero-order valence-corrected chi connectivity index (χ0v) is 11.3. The van der Waals surface area contributed by atoms with Gasteiger partial charge in [0.2, 0.25) is 0 Å². The molecule has 0 amide bonds. The quantitative estimate of drug-likeness (QED) is 0.715. The predicted octanol–water partition coefficient (Wildman–Crippen LogP) is 3.59. The van der Waals surface area contributed by atoms with Gasteiger partial charge in [0.1, 0.15) is 0 Å². The summed E-state index contributed by atoms with van der Waals surface area (Å²) in [6, 6.07) is 0.628. The minimum absolute atomic E-state index is 0.148. The maximum absolute atomic E-state index is 5.53. The SMILES string of the molecule is C#CC(C)(C)NC1CCCC(CC(C)C)C1. The molecule has 1 fully saturated rings. The lowest BCUT2D eigenvalue weighted by atomic mass is 9.80. The second-order valence-corrected chi connectivity index (χ2v) is 6.27. The van der Waals surface area contributed by atoms with E-state index < -0.39 is 0 Å². The summed E-state index contributed by atoms with van der Waals surface area (Å²) >= 11 is 0. The number of terminal acetylenes is 1. The molecule has 0 aliphatic heterocycles. The van der Waals surface area contributed by atoms with E-state index in [1.54, 1.807) is 0 Å². The van der Waals surface area contributed by atoms with Crippen LogP contribution < -0.4 is 5.32 Å².